The van der Waals surface area contributed by atoms with Gasteiger partial charge in [0.25, 0.3) is 0 Å². The highest BCUT2D eigenvalue weighted by Crippen LogP contribution is 2.30. The number of rotatable bonds is 8. The number of nitrogens with zero attached hydrogens (tertiary/aromatic N) is 3. The molecule has 2 heterocycles. The maximum Gasteiger partial charge on any atom is 0.189 e. The molecule has 0 saturated carbocycles. The Morgan fingerprint density at radius 1 is 1.03 bits per heavy atom. The number of anilines is 1. The summed E-state index contributed by atoms with van der Waals surface area (Å²) in [6.07, 6.45) is 1.69. The summed E-state index contributed by atoms with van der Waals surface area (Å²) in [5.41, 5.74) is 15.7. The van der Waals surface area contributed by atoms with Gasteiger partial charge in [0.1, 0.15) is 5.69 Å². The number of sulfone groups is 1. The molecule has 0 bridgehead atoms. The third kappa shape index (κ3) is 4.69. The van der Waals surface area contributed by atoms with Gasteiger partial charge in [0.05, 0.1) is 22.0 Å². The fraction of sp³-hybridized carbons (Fsp3) is 0.208. The molecule has 1 unspecified atom stereocenters. The van der Waals surface area contributed by atoms with E-state index in [0.717, 1.165) is 11.1 Å². The van der Waals surface area contributed by atoms with Gasteiger partial charge in [-0.25, -0.2) is 18.4 Å². The third-order valence-corrected chi connectivity index (χ3v) is 7.80. The molecule has 0 aliphatic rings. The van der Waals surface area contributed by atoms with Gasteiger partial charge in [-0.2, -0.15) is 0 Å². The molecule has 0 aliphatic carbocycles. The minimum absolute atomic E-state index is 0.174. The Bertz CT molecular complexity index is 1380. The normalized spacial score (nSPS) is 12.6. The Balaban J connectivity index is 1.62. The number of hydrogen-bond donors (Lipinski definition) is 3. The highest BCUT2D eigenvalue weighted by molar-refractivity contribution is 7.92. The molecule has 0 fully saturated rings. The Kier molecular flexibility index (Phi) is 6.73. The van der Waals surface area contributed by atoms with Crippen LogP contribution < -0.4 is 11.5 Å². The molecule has 0 aliphatic heterocycles. The predicted octanol–water partition coefficient (Wildman–Crippen LogP) is 3.05. The first-order valence-electron chi connectivity index (χ1n) is 10.7. The van der Waals surface area contributed by atoms with Gasteiger partial charge < -0.3 is 21.1 Å². The first-order valence-corrected chi connectivity index (χ1v) is 12.2. The first-order chi connectivity index (χ1) is 16.3. The molecule has 0 amide bonds. The molecular weight excluding hydrogens is 454 g/mol. The summed E-state index contributed by atoms with van der Waals surface area (Å²) in [6, 6.07) is 15.8. The van der Waals surface area contributed by atoms with Gasteiger partial charge in [0.15, 0.2) is 27.1 Å². The van der Waals surface area contributed by atoms with Crippen LogP contribution in [-0.4, -0.2) is 40.5 Å². The molecule has 34 heavy (non-hydrogen) atoms. The highest BCUT2D eigenvalue weighted by Gasteiger charge is 2.23. The Morgan fingerprint density at radius 2 is 1.68 bits per heavy atom. The summed E-state index contributed by atoms with van der Waals surface area (Å²) in [6.45, 7) is 1.85. The third-order valence-electron chi connectivity index (χ3n) is 5.57. The number of hydrogen-bond acceptors (Lipinski definition) is 9. The highest BCUT2D eigenvalue weighted by atomic mass is 32.2. The quantitative estimate of drug-likeness (QED) is 0.345. The van der Waals surface area contributed by atoms with Crippen molar-refractivity contribution < 1.29 is 18.0 Å². The van der Waals surface area contributed by atoms with Crippen molar-refractivity contribution in [1.82, 2.24) is 15.1 Å². The molecule has 9 nitrogen and oxygen atoms in total. The molecule has 0 radical (unpaired) electrons. The van der Waals surface area contributed by atoms with E-state index in [9.17, 15) is 8.42 Å². The van der Waals surface area contributed by atoms with Crippen molar-refractivity contribution in [1.29, 1.82) is 0 Å². The first kappa shape index (κ1) is 23.6. The van der Waals surface area contributed by atoms with Crippen molar-refractivity contribution in [2.75, 3.05) is 12.3 Å². The molecule has 0 spiro atoms. The topological polar surface area (TPSA) is 158 Å². The van der Waals surface area contributed by atoms with Crippen molar-refractivity contribution in [3.05, 3.63) is 66.4 Å². The number of aliphatic hydroxyl groups is 1. The molecule has 1 atom stereocenters. The van der Waals surface area contributed by atoms with Gasteiger partial charge >= 0.3 is 0 Å². The molecule has 4 rings (SSSR count). The van der Waals surface area contributed by atoms with Crippen LogP contribution in [0, 0.1) is 0 Å². The predicted molar refractivity (Wildman–Crippen MR) is 129 cm³/mol. The van der Waals surface area contributed by atoms with Gasteiger partial charge in [0.2, 0.25) is 0 Å². The van der Waals surface area contributed by atoms with Crippen LogP contribution in [0.2, 0.25) is 0 Å². The molecule has 4 aromatic rings. The maximum absolute atomic E-state index is 12.6. The summed E-state index contributed by atoms with van der Waals surface area (Å²) in [7, 11) is -3.53. The van der Waals surface area contributed by atoms with Gasteiger partial charge in [-0.15, -0.1) is 0 Å². The zero-order valence-corrected chi connectivity index (χ0v) is 19.4. The average Bonchev–Trinajstić information content (AvgIpc) is 3.35. The fourth-order valence-electron chi connectivity index (χ4n) is 3.44. The SMILES string of the molecule is CC(CCO)S(=O)(=O)c1ccc(-c2cnc(N)c(-c3cc(-c4ccc(CN)cc4)no3)n2)cc1. The van der Waals surface area contributed by atoms with Crippen LogP contribution in [0.5, 0.6) is 0 Å². The van der Waals surface area contributed by atoms with E-state index in [1.165, 1.54) is 18.3 Å². The number of nitrogens with two attached hydrogens (primary N) is 2. The van der Waals surface area contributed by atoms with Crippen molar-refractivity contribution in [3.8, 4) is 34.0 Å². The van der Waals surface area contributed by atoms with Crippen LogP contribution in [0.25, 0.3) is 34.0 Å². The van der Waals surface area contributed by atoms with Gasteiger partial charge in [-0.05, 0) is 31.0 Å². The lowest BCUT2D eigenvalue weighted by atomic mass is 10.1. The molecule has 2 aromatic carbocycles. The van der Waals surface area contributed by atoms with E-state index in [2.05, 4.69) is 15.1 Å². The summed E-state index contributed by atoms with van der Waals surface area (Å²) in [5.74, 6) is 0.545. The van der Waals surface area contributed by atoms with Crippen LogP contribution in [0.15, 0.2) is 70.2 Å². The Morgan fingerprint density at radius 3 is 2.32 bits per heavy atom. The van der Waals surface area contributed by atoms with Gasteiger partial charge in [-0.1, -0.05) is 41.6 Å². The van der Waals surface area contributed by atoms with Crippen molar-refractivity contribution in [3.63, 3.8) is 0 Å². The lowest BCUT2D eigenvalue weighted by Gasteiger charge is -2.12. The van der Waals surface area contributed by atoms with Crippen LogP contribution in [0.1, 0.15) is 18.9 Å². The van der Waals surface area contributed by atoms with E-state index in [0.29, 0.717) is 35.0 Å². The summed E-state index contributed by atoms with van der Waals surface area (Å²) >= 11 is 0. The largest absolute Gasteiger partial charge is 0.396 e. The second-order valence-corrected chi connectivity index (χ2v) is 10.2. The van der Waals surface area contributed by atoms with E-state index in [-0.39, 0.29) is 23.7 Å². The smallest absolute Gasteiger partial charge is 0.189 e. The number of aromatic nitrogens is 3. The lowest BCUT2D eigenvalue weighted by molar-refractivity contribution is 0.287. The summed E-state index contributed by atoms with van der Waals surface area (Å²) in [5, 5.41) is 12.5. The van der Waals surface area contributed by atoms with Crippen molar-refractivity contribution in [2.45, 2.75) is 30.0 Å². The van der Waals surface area contributed by atoms with E-state index < -0.39 is 15.1 Å². The van der Waals surface area contributed by atoms with Crippen LogP contribution in [0.3, 0.4) is 0 Å². The monoisotopic (exact) mass is 479 g/mol. The van der Waals surface area contributed by atoms with Gasteiger partial charge in [0, 0.05) is 30.3 Å². The summed E-state index contributed by atoms with van der Waals surface area (Å²) in [4.78, 5) is 8.99. The van der Waals surface area contributed by atoms with E-state index in [4.69, 9.17) is 21.1 Å². The number of nitrogen functional groups attached to an aromatic ring is 1. The summed E-state index contributed by atoms with van der Waals surface area (Å²) < 4.78 is 30.7. The Hall–Kier alpha value is -3.60. The fourth-order valence-corrected chi connectivity index (χ4v) is 4.83. The second-order valence-electron chi connectivity index (χ2n) is 7.86. The van der Waals surface area contributed by atoms with Crippen molar-refractivity contribution >= 4 is 15.7 Å². The van der Waals surface area contributed by atoms with Crippen LogP contribution in [0.4, 0.5) is 5.82 Å². The van der Waals surface area contributed by atoms with E-state index in [1.54, 1.807) is 25.1 Å². The number of aliphatic hydroxyl groups excluding tert-OH is 1. The zero-order chi connectivity index (χ0) is 24.3. The molecule has 2 aromatic heterocycles. The van der Waals surface area contributed by atoms with Crippen molar-refractivity contribution in [2.24, 2.45) is 5.73 Å². The van der Waals surface area contributed by atoms with Gasteiger partial charge in [-0.3, -0.25) is 0 Å². The molecule has 5 N–H and O–H groups in total. The average molecular weight is 480 g/mol. The maximum atomic E-state index is 12.6. The van der Waals surface area contributed by atoms with E-state index >= 15 is 0 Å². The Labute approximate surface area is 197 Å². The molecular formula is C24H25N5O4S. The minimum Gasteiger partial charge on any atom is -0.396 e. The molecule has 10 heteroatoms. The molecule has 0 saturated heterocycles. The minimum atomic E-state index is -3.53. The van der Waals surface area contributed by atoms with Crippen LogP contribution in [-0.2, 0) is 16.4 Å². The zero-order valence-electron chi connectivity index (χ0n) is 18.5. The standard InChI is InChI=1S/C24H25N5O4S/c1-15(10-11-30)34(31,32)19-8-6-18(7-9-19)21-14-27-24(26)23(28-21)22-12-20(29-33-22)17-4-2-16(13-25)3-5-17/h2-9,12,14-15,30H,10-11,13,25H2,1H3,(H2,26,27). The lowest BCUT2D eigenvalue weighted by Crippen LogP contribution is -2.19. The second kappa shape index (κ2) is 9.72. The number of benzene rings is 2. The van der Waals surface area contributed by atoms with E-state index in [1.807, 2.05) is 24.3 Å². The van der Waals surface area contributed by atoms with Crippen LogP contribution >= 0.6 is 0 Å². The molecule has 176 valence electrons.